The number of hydrogen-bond acceptors (Lipinski definition) is 2. The van der Waals surface area contributed by atoms with Crippen LogP contribution in [0.3, 0.4) is 0 Å². The molecule has 2 rings (SSSR count). The lowest BCUT2D eigenvalue weighted by Gasteiger charge is -2.04. The Kier molecular flexibility index (Phi) is 2.68. The summed E-state index contributed by atoms with van der Waals surface area (Å²) in [5, 5.41) is 9.67. The van der Waals surface area contributed by atoms with Crippen LogP contribution in [0.5, 0.6) is 0 Å². The molecule has 4 heteroatoms. The number of aliphatic carboxylic acids is 1. The molecule has 0 spiro atoms. The van der Waals surface area contributed by atoms with E-state index in [4.69, 9.17) is 5.11 Å². The van der Waals surface area contributed by atoms with Crippen LogP contribution in [0.2, 0.25) is 0 Å². The number of benzene rings is 1. The van der Waals surface area contributed by atoms with E-state index in [-0.39, 0.29) is 6.42 Å². The van der Waals surface area contributed by atoms with Crippen LogP contribution in [0, 0.1) is 0 Å². The predicted octanol–water partition coefficient (Wildman–Crippen LogP) is 2.62. The van der Waals surface area contributed by atoms with Crippen molar-refractivity contribution in [3.8, 4) is 0 Å². The van der Waals surface area contributed by atoms with E-state index in [1.807, 2.05) is 24.3 Å². The summed E-state index contributed by atoms with van der Waals surface area (Å²) in [7, 11) is 0. The van der Waals surface area contributed by atoms with Crippen LogP contribution in [0.15, 0.2) is 34.9 Å². The predicted molar refractivity (Wildman–Crippen MR) is 60.8 cm³/mol. The third-order valence-corrected chi connectivity index (χ3v) is 2.52. The summed E-state index contributed by atoms with van der Waals surface area (Å²) in [4.78, 5) is 15.0. The maximum absolute atomic E-state index is 10.7. The van der Waals surface area contributed by atoms with Crippen LogP contribution in [0.25, 0.3) is 10.9 Å². The third kappa shape index (κ3) is 2.15. The molecule has 0 fully saturated rings. The molecule has 1 heterocycles. The molecule has 0 atom stereocenters. The van der Waals surface area contributed by atoms with Gasteiger partial charge in [0.2, 0.25) is 0 Å². The first-order chi connectivity index (χ1) is 7.16. The minimum Gasteiger partial charge on any atom is -0.481 e. The summed E-state index contributed by atoms with van der Waals surface area (Å²) in [6.07, 6.45) is 0.0155. The number of carbonyl (C=O) groups is 1. The molecule has 76 valence electrons. The topological polar surface area (TPSA) is 50.2 Å². The zero-order valence-corrected chi connectivity index (χ0v) is 9.36. The van der Waals surface area contributed by atoms with E-state index in [1.54, 1.807) is 6.07 Å². The van der Waals surface area contributed by atoms with Gasteiger partial charge in [0, 0.05) is 5.39 Å². The summed E-state index contributed by atoms with van der Waals surface area (Å²) < 4.78 is 0.664. The molecule has 0 aliphatic rings. The fourth-order valence-electron chi connectivity index (χ4n) is 1.52. The van der Waals surface area contributed by atoms with Gasteiger partial charge < -0.3 is 5.11 Å². The highest BCUT2D eigenvalue weighted by Gasteiger charge is 2.07. The summed E-state index contributed by atoms with van der Waals surface area (Å²) in [6.45, 7) is 0. The van der Waals surface area contributed by atoms with Crippen molar-refractivity contribution in [3.63, 3.8) is 0 Å². The number of aromatic nitrogens is 1. The zero-order valence-electron chi connectivity index (χ0n) is 7.77. The van der Waals surface area contributed by atoms with Gasteiger partial charge in [0.1, 0.15) is 4.60 Å². The van der Waals surface area contributed by atoms with E-state index in [2.05, 4.69) is 20.9 Å². The third-order valence-electron chi connectivity index (χ3n) is 2.11. The highest BCUT2D eigenvalue weighted by Crippen LogP contribution is 2.21. The van der Waals surface area contributed by atoms with Gasteiger partial charge in [0.25, 0.3) is 0 Å². The van der Waals surface area contributed by atoms with E-state index in [0.717, 1.165) is 16.5 Å². The van der Waals surface area contributed by atoms with Crippen LogP contribution in [0.4, 0.5) is 0 Å². The molecule has 0 unspecified atom stereocenters. The number of hydrogen-bond donors (Lipinski definition) is 1. The number of halogens is 1. The van der Waals surface area contributed by atoms with Gasteiger partial charge in [0.15, 0.2) is 0 Å². The number of para-hydroxylation sites is 1. The molecular formula is C11H8BrNO2. The fraction of sp³-hybridized carbons (Fsp3) is 0.0909. The Morgan fingerprint density at radius 2 is 2.13 bits per heavy atom. The molecule has 0 saturated carbocycles. The highest BCUT2D eigenvalue weighted by atomic mass is 79.9. The molecule has 0 bridgehead atoms. The molecule has 2 aromatic rings. The summed E-state index contributed by atoms with van der Waals surface area (Å²) in [5.41, 5.74) is 1.59. The molecule has 0 radical (unpaired) electrons. The maximum Gasteiger partial charge on any atom is 0.307 e. The van der Waals surface area contributed by atoms with Crippen molar-refractivity contribution in [1.82, 2.24) is 4.98 Å². The second-order valence-electron chi connectivity index (χ2n) is 3.19. The quantitative estimate of drug-likeness (QED) is 0.850. The van der Waals surface area contributed by atoms with E-state index < -0.39 is 5.97 Å². The lowest BCUT2D eigenvalue weighted by Crippen LogP contribution is -2.01. The summed E-state index contributed by atoms with van der Waals surface area (Å²) >= 11 is 3.27. The molecule has 0 aliphatic heterocycles. The van der Waals surface area contributed by atoms with Crippen molar-refractivity contribution in [2.75, 3.05) is 0 Å². The molecule has 0 aliphatic carbocycles. The number of carboxylic acid groups (broad SMARTS) is 1. The highest BCUT2D eigenvalue weighted by molar-refractivity contribution is 9.10. The van der Waals surface area contributed by atoms with Gasteiger partial charge in [-0.3, -0.25) is 4.79 Å². The fourth-order valence-corrected chi connectivity index (χ4v) is 1.99. The van der Waals surface area contributed by atoms with Crippen LogP contribution >= 0.6 is 15.9 Å². The Labute approximate surface area is 94.9 Å². The number of pyridine rings is 1. The Hall–Kier alpha value is -1.42. The SMILES string of the molecule is O=C(O)Cc1cc(Br)nc2ccccc12. The second kappa shape index (κ2) is 3.98. The van der Waals surface area contributed by atoms with Crippen molar-refractivity contribution in [1.29, 1.82) is 0 Å². The Balaban J connectivity index is 2.65. The van der Waals surface area contributed by atoms with Gasteiger partial charge >= 0.3 is 5.97 Å². The zero-order chi connectivity index (χ0) is 10.8. The summed E-state index contributed by atoms with van der Waals surface area (Å²) in [5.74, 6) is -0.835. The van der Waals surface area contributed by atoms with Crippen LogP contribution in [-0.2, 0) is 11.2 Å². The average Bonchev–Trinajstić information content (AvgIpc) is 2.16. The Morgan fingerprint density at radius 3 is 2.87 bits per heavy atom. The minimum absolute atomic E-state index is 0.0155. The molecule has 1 aromatic heterocycles. The normalized spacial score (nSPS) is 10.5. The van der Waals surface area contributed by atoms with Crippen LogP contribution < -0.4 is 0 Å². The van der Waals surface area contributed by atoms with Crippen molar-refractivity contribution >= 4 is 32.8 Å². The van der Waals surface area contributed by atoms with Gasteiger partial charge in [0.05, 0.1) is 11.9 Å². The van der Waals surface area contributed by atoms with Gasteiger partial charge in [-0.05, 0) is 33.6 Å². The van der Waals surface area contributed by atoms with Crippen molar-refractivity contribution in [2.45, 2.75) is 6.42 Å². The molecule has 3 nitrogen and oxygen atoms in total. The molecular weight excluding hydrogens is 258 g/mol. The van der Waals surface area contributed by atoms with E-state index in [1.165, 1.54) is 0 Å². The van der Waals surface area contributed by atoms with Gasteiger partial charge in [-0.25, -0.2) is 4.98 Å². The first kappa shape index (κ1) is 10.1. The van der Waals surface area contributed by atoms with E-state index in [9.17, 15) is 4.79 Å². The lowest BCUT2D eigenvalue weighted by atomic mass is 10.1. The Morgan fingerprint density at radius 1 is 1.40 bits per heavy atom. The number of nitrogens with zero attached hydrogens (tertiary/aromatic N) is 1. The van der Waals surface area contributed by atoms with Crippen LogP contribution in [-0.4, -0.2) is 16.1 Å². The lowest BCUT2D eigenvalue weighted by molar-refractivity contribution is -0.136. The van der Waals surface area contributed by atoms with E-state index in [0.29, 0.717) is 4.60 Å². The Bertz CT molecular complexity index is 525. The minimum atomic E-state index is -0.835. The molecule has 15 heavy (non-hydrogen) atoms. The number of carboxylic acids is 1. The number of fused-ring (bicyclic) bond motifs is 1. The molecule has 1 N–H and O–H groups in total. The molecule has 1 aromatic carbocycles. The first-order valence-electron chi connectivity index (χ1n) is 4.43. The number of rotatable bonds is 2. The standard InChI is InChI=1S/C11H8BrNO2/c12-10-5-7(6-11(14)15)8-3-1-2-4-9(8)13-10/h1-5H,6H2,(H,14,15). The van der Waals surface area contributed by atoms with Crippen molar-refractivity contribution in [3.05, 3.63) is 40.5 Å². The average molecular weight is 266 g/mol. The van der Waals surface area contributed by atoms with Gasteiger partial charge in [-0.2, -0.15) is 0 Å². The molecule has 0 amide bonds. The molecule has 0 saturated heterocycles. The first-order valence-corrected chi connectivity index (χ1v) is 5.22. The van der Waals surface area contributed by atoms with Crippen LogP contribution in [0.1, 0.15) is 5.56 Å². The van der Waals surface area contributed by atoms with Crippen molar-refractivity contribution < 1.29 is 9.90 Å². The van der Waals surface area contributed by atoms with Gasteiger partial charge in [-0.15, -0.1) is 0 Å². The largest absolute Gasteiger partial charge is 0.481 e. The van der Waals surface area contributed by atoms with Crippen molar-refractivity contribution in [2.24, 2.45) is 0 Å². The maximum atomic E-state index is 10.7. The second-order valence-corrected chi connectivity index (χ2v) is 4.00. The monoisotopic (exact) mass is 265 g/mol. The summed E-state index contributed by atoms with van der Waals surface area (Å²) in [6, 6.07) is 9.25. The smallest absolute Gasteiger partial charge is 0.307 e. The van der Waals surface area contributed by atoms with Gasteiger partial charge in [-0.1, -0.05) is 18.2 Å². The van der Waals surface area contributed by atoms with E-state index >= 15 is 0 Å².